The van der Waals surface area contributed by atoms with Gasteiger partial charge in [-0.15, -0.1) is 0 Å². The first-order chi connectivity index (χ1) is 9.49. The molecule has 0 radical (unpaired) electrons. The maximum atomic E-state index is 12.7. The van der Waals surface area contributed by atoms with Gasteiger partial charge in [0.2, 0.25) is 5.91 Å². The summed E-state index contributed by atoms with van der Waals surface area (Å²) in [5.74, 6) is 1.50. The zero-order valence-corrected chi connectivity index (χ0v) is 14.1. The zero-order valence-electron chi connectivity index (χ0n) is 14.1. The van der Waals surface area contributed by atoms with Crippen molar-refractivity contribution in [1.29, 1.82) is 0 Å². The molecule has 0 aliphatic carbocycles. The lowest BCUT2D eigenvalue weighted by Gasteiger charge is -2.36. The molecule has 3 heteroatoms. The van der Waals surface area contributed by atoms with E-state index in [1.54, 1.807) is 0 Å². The van der Waals surface area contributed by atoms with Crippen molar-refractivity contribution in [3.63, 3.8) is 0 Å². The topological polar surface area (TPSA) is 32.3 Å². The number of rotatable bonds is 7. The average molecular weight is 282 g/mol. The number of nitrogens with zero attached hydrogens (tertiary/aromatic N) is 1. The van der Waals surface area contributed by atoms with Gasteiger partial charge in [-0.05, 0) is 44.1 Å². The third kappa shape index (κ3) is 5.08. The molecule has 1 fully saturated rings. The van der Waals surface area contributed by atoms with Crippen LogP contribution in [0.25, 0.3) is 0 Å². The van der Waals surface area contributed by atoms with Crippen LogP contribution in [0.15, 0.2) is 0 Å². The van der Waals surface area contributed by atoms with Crippen LogP contribution in [0.4, 0.5) is 0 Å². The fourth-order valence-electron chi connectivity index (χ4n) is 3.27. The van der Waals surface area contributed by atoms with E-state index in [9.17, 15) is 4.79 Å². The summed E-state index contributed by atoms with van der Waals surface area (Å²) < 4.78 is 0. The van der Waals surface area contributed by atoms with Crippen LogP contribution in [-0.4, -0.2) is 36.0 Å². The molecule has 0 aromatic heterocycles. The van der Waals surface area contributed by atoms with Gasteiger partial charge in [0.25, 0.3) is 0 Å². The molecule has 1 heterocycles. The van der Waals surface area contributed by atoms with Crippen LogP contribution in [0.5, 0.6) is 0 Å². The second-order valence-corrected chi connectivity index (χ2v) is 6.79. The van der Waals surface area contributed by atoms with Crippen molar-refractivity contribution in [2.75, 3.05) is 13.1 Å². The molecule has 1 aliphatic heterocycles. The first-order valence-corrected chi connectivity index (χ1v) is 8.52. The Labute approximate surface area is 125 Å². The maximum absolute atomic E-state index is 12.7. The van der Waals surface area contributed by atoms with Gasteiger partial charge in [-0.1, -0.05) is 34.6 Å². The van der Waals surface area contributed by atoms with E-state index in [4.69, 9.17) is 0 Å². The lowest BCUT2D eigenvalue weighted by molar-refractivity contribution is -0.135. The minimum atomic E-state index is 0.346. The predicted octanol–water partition coefficient (Wildman–Crippen LogP) is 3.44. The largest absolute Gasteiger partial charge is 0.339 e. The van der Waals surface area contributed by atoms with Crippen LogP contribution in [-0.2, 0) is 4.79 Å². The fraction of sp³-hybridized carbons (Fsp3) is 0.941. The summed E-state index contributed by atoms with van der Waals surface area (Å²) in [6.07, 6.45) is 5.28. The molecular formula is C17H34N2O. The Hall–Kier alpha value is -0.570. The summed E-state index contributed by atoms with van der Waals surface area (Å²) in [4.78, 5) is 14.9. The smallest absolute Gasteiger partial charge is 0.224 e. The van der Waals surface area contributed by atoms with Gasteiger partial charge < -0.3 is 10.2 Å². The molecule has 0 aromatic carbocycles. The summed E-state index contributed by atoms with van der Waals surface area (Å²) in [6, 6.07) is 0.782. The van der Waals surface area contributed by atoms with Gasteiger partial charge in [-0.3, -0.25) is 4.79 Å². The first kappa shape index (κ1) is 17.5. The second-order valence-electron chi connectivity index (χ2n) is 6.79. The number of nitrogens with one attached hydrogen (secondary N) is 1. The van der Waals surface area contributed by atoms with Crippen molar-refractivity contribution >= 4 is 5.91 Å². The van der Waals surface area contributed by atoms with Crippen LogP contribution in [0.1, 0.15) is 66.7 Å². The van der Waals surface area contributed by atoms with E-state index in [-0.39, 0.29) is 0 Å². The van der Waals surface area contributed by atoms with Crippen molar-refractivity contribution in [2.24, 2.45) is 11.8 Å². The van der Waals surface area contributed by atoms with E-state index in [0.717, 1.165) is 25.9 Å². The Kier molecular flexibility index (Phi) is 7.57. The second kappa shape index (κ2) is 8.66. The third-order valence-corrected chi connectivity index (χ3v) is 4.59. The lowest BCUT2D eigenvalue weighted by Crippen LogP contribution is -2.47. The van der Waals surface area contributed by atoms with Crippen LogP contribution < -0.4 is 5.32 Å². The zero-order chi connectivity index (χ0) is 15.1. The van der Waals surface area contributed by atoms with E-state index < -0.39 is 0 Å². The van der Waals surface area contributed by atoms with Crippen molar-refractivity contribution in [2.45, 2.75) is 78.8 Å². The predicted molar refractivity (Wildman–Crippen MR) is 85.7 cm³/mol. The van der Waals surface area contributed by atoms with Crippen LogP contribution in [0.2, 0.25) is 0 Å². The molecule has 20 heavy (non-hydrogen) atoms. The molecule has 0 spiro atoms. The summed E-state index contributed by atoms with van der Waals surface area (Å²) >= 11 is 0. The van der Waals surface area contributed by atoms with Crippen molar-refractivity contribution in [3.8, 4) is 0 Å². The van der Waals surface area contributed by atoms with Gasteiger partial charge in [-0.2, -0.15) is 0 Å². The third-order valence-electron chi connectivity index (χ3n) is 4.59. The molecule has 2 unspecified atom stereocenters. The van der Waals surface area contributed by atoms with Gasteiger partial charge in [0.15, 0.2) is 0 Å². The molecule has 1 N–H and O–H groups in total. The summed E-state index contributed by atoms with van der Waals surface area (Å²) in [7, 11) is 0. The molecular weight excluding hydrogens is 248 g/mol. The van der Waals surface area contributed by atoms with Crippen LogP contribution in [0, 0.1) is 11.8 Å². The van der Waals surface area contributed by atoms with Gasteiger partial charge >= 0.3 is 0 Å². The molecule has 1 aliphatic rings. The Morgan fingerprint density at radius 3 is 2.45 bits per heavy atom. The molecule has 0 aromatic rings. The van der Waals surface area contributed by atoms with Gasteiger partial charge in [-0.25, -0.2) is 0 Å². The Balaban J connectivity index is 2.66. The number of carbonyl (C=O) groups is 1. The number of amides is 1. The number of hydrogen-bond donors (Lipinski definition) is 1. The SMILES string of the molecule is CCC(CC)N(CC(C)C)C(=O)CC1NCCCC1C. The van der Waals surface area contributed by atoms with E-state index in [0.29, 0.717) is 36.2 Å². The van der Waals surface area contributed by atoms with E-state index >= 15 is 0 Å². The van der Waals surface area contributed by atoms with E-state index in [2.05, 4.69) is 44.8 Å². The van der Waals surface area contributed by atoms with Crippen molar-refractivity contribution in [1.82, 2.24) is 10.2 Å². The summed E-state index contributed by atoms with van der Waals surface area (Å²) in [5.41, 5.74) is 0. The Morgan fingerprint density at radius 1 is 1.30 bits per heavy atom. The first-order valence-electron chi connectivity index (χ1n) is 8.52. The molecule has 1 saturated heterocycles. The quantitative estimate of drug-likeness (QED) is 0.776. The highest BCUT2D eigenvalue weighted by Gasteiger charge is 2.28. The molecule has 1 amide bonds. The molecule has 0 saturated carbocycles. The minimum Gasteiger partial charge on any atom is -0.339 e. The number of carbonyl (C=O) groups excluding carboxylic acids is 1. The van der Waals surface area contributed by atoms with E-state index in [1.807, 2.05) is 0 Å². The maximum Gasteiger partial charge on any atom is 0.224 e. The van der Waals surface area contributed by atoms with Crippen molar-refractivity contribution in [3.05, 3.63) is 0 Å². The Morgan fingerprint density at radius 2 is 1.95 bits per heavy atom. The van der Waals surface area contributed by atoms with Gasteiger partial charge in [0.05, 0.1) is 0 Å². The normalized spacial score (nSPS) is 23.4. The summed E-state index contributed by atoms with van der Waals surface area (Å²) in [6.45, 7) is 13.0. The number of piperidine rings is 1. The minimum absolute atomic E-state index is 0.346. The van der Waals surface area contributed by atoms with Gasteiger partial charge in [0, 0.05) is 25.0 Å². The number of hydrogen-bond acceptors (Lipinski definition) is 2. The molecule has 0 bridgehead atoms. The van der Waals surface area contributed by atoms with Crippen LogP contribution >= 0.6 is 0 Å². The Bertz CT molecular complexity index is 287. The molecule has 3 nitrogen and oxygen atoms in total. The molecule has 118 valence electrons. The van der Waals surface area contributed by atoms with Crippen molar-refractivity contribution < 1.29 is 4.79 Å². The highest BCUT2D eigenvalue weighted by atomic mass is 16.2. The molecule has 1 rings (SSSR count). The van der Waals surface area contributed by atoms with E-state index in [1.165, 1.54) is 12.8 Å². The monoisotopic (exact) mass is 282 g/mol. The van der Waals surface area contributed by atoms with Crippen LogP contribution in [0.3, 0.4) is 0 Å². The lowest BCUT2D eigenvalue weighted by atomic mass is 9.90. The fourth-order valence-corrected chi connectivity index (χ4v) is 3.27. The van der Waals surface area contributed by atoms with Gasteiger partial charge in [0.1, 0.15) is 0 Å². The highest BCUT2D eigenvalue weighted by Crippen LogP contribution is 2.21. The standard InChI is InChI=1S/C17H34N2O/c1-6-15(7-2)19(12-13(3)4)17(20)11-16-14(5)9-8-10-18-16/h13-16,18H,6-12H2,1-5H3. The highest BCUT2D eigenvalue weighted by molar-refractivity contribution is 5.77. The average Bonchev–Trinajstić information content (AvgIpc) is 2.41. The molecule has 2 atom stereocenters. The summed E-state index contributed by atoms with van der Waals surface area (Å²) in [5, 5.41) is 3.54.